The minimum atomic E-state index is -1.54. The smallest absolute Gasteiger partial charge is 0.336 e. The Labute approximate surface area is 325 Å². The number of phenolic OH excluding ortho intramolecular Hbond substituents is 1. The number of carbonyl (C=O) groups is 5. The third kappa shape index (κ3) is 9.14. The zero-order valence-corrected chi connectivity index (χ0v) is 30.5. The summed E-state index contributed by atoms with van der Waals surface area (Å²) in [5, 5.41) is 58.7. The highest BCUT2D eigenvalue weighted by molar-refractivity contribution is 6.33. The van der Waals surface area contributed by atoms with Crippen molar-refractivity contribution < 1.29 is 68.5 Å². The maximum Gasteiger partial charge on any atom is 0.336 e. The molecule has 0 spiro atoms. The number of aromatic hydroxyl groups is 1. The summed E-state index contributed by atoms with van der Waals surface area (Å²) in [6.07, 6.45) is 0. The number of halogens is 2. The number of carboxylic acids is 5. The first-order valence-electron chi connectivity index (χ1n) is 16.2. The summed E-state index contributed by atoms with van der Waals surface area (Å²) in [5.74, 6) is -7.65. The van der Waals surface area contributed by atoms with Crippen LogP contribution >= 0.6 is 23.2 Å². The van der Waals surface area contributed by atoms with Crippen molar-refractivity contribution in [2.24, 2.45) is 0 Å². The number of nitrogens with zero attached hydrogens (tertiary/aromatic N) is 2. The van der Waals surface area contributed by atoms with Crippen LogP contribution in [0.5, 0.6) is 17.2 Å². The minimum Gasteiger partial charge on any atom is -0.506 e. The van der Waals surface area contributed by atoms with E-state index < -0.39 is 72.8 Å². The molecule has 0 radical (unpaired) electrons. The van der Waals surface area contributed by atoms with Gasteiger partial charge in [0.15, 0.2) is 0 Å². The lowest BCUT2D eigenvalue weighted by Gasteiger charge is -2.26. The topological polar surface area (TPSA) is 262 Å². The summed E-state index contributed by atoms with van der Waals surface area (Å²) in [5.41, 5.74) is -0.481. The number of benzene rings is 4. The molecule has 1 heterocycles. The van der Waals surface area contributed by atoms with Crippen molar-refractivity contribution in [1.29, 1.82) is 0 Å². The Kier molecular flexibility index (Phi) is 12.1. The van der Waals surface area contributed by atoms with Crippen molar-refractivity contribution in [2.45, 2.75) is 6.92 Å². The van der Waals surface area contributed by atoms with Gasteiger partial charge < -0.3 is 54.3 Å². The number of aliphatic carboxylic acids is 4. The zero-order valence-electron chi connectivity index (χ0n) is 28.9. The lowest BCUT2D eigenvalue weighted by molar-refractivity contribution is -0.138. The molecule has 0 amide bonds. The van der Waals surface area contributed by atoms with Gasteiger partial charge in [0, 0.05) is 34.2 Å². The van der Waals surface area contributed by atoms with Crippen LogP contribution in [-0.4, -0.2) is 99.9 Å². The molecule has 0 aromatic heterocycles. The van der Waals surface area contributed by atoms with Crippen molar-refractivity contribution >= 4 is 75.4 Å². The Morgan fingerprint density at radius 3 is 1.79 bits per heavy atom. The molecule has 1 aliphatic carbocycles. The Morgan fingerprint density at radius 2 is 1.23 bits per heavy atom. The van der Waals surface area contributed by atoms with E-state index in [1.54, 1.807) is 13.0 Å². The highest BCUT2D eigenvalue weighted by Gasteiger charge is 2.28. The van der Waals surface area contributed by atoms with Crippen LogP contribution in [0.4, 0.5) is 11.4 Å². The number of hydrogen-bond acceptors (Lipinski definition) is 12. The molecule has 0 bridgehead atoms. The van der Waals surface area contributed by atoms with Crippen LogP contribution in [0.1, 0.15) is 15.9 Å². The molecular formula is C37H30Cl2N2O15. The summed E-state index contributed by atoms with van der Waals surface area (Å²) in [7, 11) is 0. The Hall–Kier alpha value is -6.72. The van der Waals surface area contributed by atoms with Gasteiger partial charge in [-0.15, -0.1) is 0 Å². The van der Waals surface area contributed by atoms with Gasteiger partial charge in [0.1, 0.15) is 68.0 Å². The average molecular weight is 814 g/mol. The first kappa shape index (κ1) is 40.5. The molecule has 56 heavy (non-hydrogen) atoms. The largest absolute Gasteiger partial charge is 0.506 e. The first-order valence-corrected chi connectivity index (χ1v) is 16.9. The predicted molar refractivity (Wildman–Crippen MR) is 200 cm³/mol. The Bertz CT molecular complexity index is 2400. The number of fused-ring (bicyclic) bond motifs is 2. The lowest BCUT2D eigenvalue weighted by atomic mass is 9.90. The van der Waals surface area contributed by atoms with Crippen LogP contribution < -0.4 is 24.7 Å². The van der Waals surface area contributed by atoms with E-state index in [1.807, 2.05) is 0 Å². The predicted octanol–water partition coefficient (Wildman–Crippen LogP) is 4.99. The second-order valence-corrected chi connectivity index (χ2v) is 13.0. The number of hydrogen-bond donors (Lipinski definition) is 6. The third-order valence-corrected chi connectivity index (χ3v) is 8.74. The van der Waals surface area contributed by atoms with E-state index >= 15 is 0 Å². The van der Waals surface area contributed by atoms with E-state index in [0.717, 1.165) is 28.0 Å². The van der Waals surface area contributed by atoms with E-state index in [-0.39, 0.29) is 79.6 Å². The molecule has 1 aliphatic heterocycles. The fraction of sp³-hybridized carbons (Fsp3) is 0.189. The van der Waals surface area contributed by atoms with E-state index in [9.17, 15) is 59.4 Å². The van der Waals surface area contributed by atoms with Gasteiger partial charge in [0.2, 0.25) is 5.43 Å². The molecule has 19 heteroatoms. The number of aromatic carboxylic acids is 1. The molecule has 17 nitrogen and oxygen atoms in total. The number of anilines is 2. The van der Waals surface area contributed by atoms with Gasteiger partial charge in [-0.25, -0.2) is 4.79 Å². The first-order chi connectivity index (χ1) is 26.4. The number of aryl methyl sites for hydroxylation is 1. The van der Waals surface area contributed by atoms with Crippen LogP contribution in [0.25, 0.3) is 33.4 Å². The standard InChI is InChI=1S/C37H30Cl2N2O15/c1-17-2-3-24(40(13-32(44)45)14-33(46)47)30(6-17)54-4-5-55-31-10-18(19(37(52)53)9-25(31)41(15-34(48)49)16-35(50)51)36-20-7-22(38)26(42)11-28(20)56-29-12-27(43)23(39)8-21(29)36/h2-3,6-12,42H,4-5,13-16H2,1H3,(H,44,45)(H,46,47)(H,48,49)(H,50,51)(H,52,53). The second kappa shape index (κ2) is 16.7. The summed E-state index contributed by atoms with van der Waals surface area (Å²) in [6, 6.07) is 11.6. The molecule has 2 aliphatic rings. The molecule has 6 N–H and O–H groups in total. The van der Waals surface area contributed by atoms with Crippen molar-refractivity contribution in [3.05, 3.63) is 86.0 Å². The second-order valence-electron chi connectivity index (χ2n) is 12.2. The van der Waals surface area contributed by atoms with Gasteiger partial charge in [0.25, 0.3) is 0 Å². The number of ether oxygens (including phenoxy) is 2. The van der Waals surface area contributed by atoms with Crippen LogP contribution in [0.2, 0.25) is 10.0 Å². The van der Waals surface area contributed by atoms with E-state index in [1.165, 1.54) is 30.3 Å². The minimum absolute atomic E-state index is 0.0282. The SMILES string of the molecule is Cc1ccc(N(CC(=O)O)CC(=O)O)c(OCCOc2cc(-c3c4cc(Cl)c(=O)cc-4oc4cc(O)c(Cl)cc34)c(C(=O)O)cc2N(CC(=O)O)CC(=O)O)c1. The highest BCUT2D eigenvalue weighted by Crippen LogP contribution is 2.47. The number of phenols is 1. The Balaban J connectivity index is 1.67. The lowest BCUT2D eigenvalue weighted by Crippen LogP contribution is -2.35. The Morgan fingerprint density at radius 1 is 0.679 bits per heavy atom. The van der Waals surface area contributed by atoms with E-state index in [4.69, 9.17) is 37.1 Å². The van der Waals surface area contributed by atoms with E-state index in [2.05, 4.69) is 0 Å². The molecule has 0 fully saturated rings. The monoisotopic (exact) mass is 812 g/mol. The summed E-state index contributed by atoms with van der Waals surface area (Å²) in [6.45, 7) is -2.10. The third-order valence-electron chi connectivity index (χ3n) is 8.14. The zero-order chi connectivity index (χ0) is 41.0. The van der Waals surface area contributed by atoms with Crippen molar-refractivity contribution in [3.8, 4) is 39.7 Å². The molecule has 5 rings (SSSR count). The fourth-order valence-corrected chi connectivity index (χ4v) is 6.24. The van der Waals surface area contributed by atoms with E-state index in [0.29, 0.717) is 5.56 Å². The molecule has 0 saturated heterocycles. The maximum atomic E-state index is 13.0. The van der Waals surface area contributed by atoms with Crippen molar-refractivity contribution in [3.63, 3.8) is 0 Å². The molecule has 0 saturated carbocycles. The van der Waals surface area contributed by atoms with Gasteiger partial charge in [-0.1, -0.05) is 29.3 Å². The van der Waals surface area contributed by atoms with Crippen molar-refractivity contribution in [2.75, 3.05) is 49.2 Å². The highest BCUT2D eigenvalue weighted by atomic mass is 35.5. The average Bonchev–Trinajstić information content (AvgIpc) is 3.09. The van der Waals surface area contributed by atoms with Gasteiger partial charge in [-0.2, -0.15) is 0 Å². The molecule has 3 aromatic carbocycles. The van der Waals surface area contributed by atoms with Crippen molar-refractivity contribution in [1.82, 2.24) is 0 Å². The number of rotatable bonds is 17. The van der Waals surface area contributed by atoms with Gasteiger partial charge >= 0.3 is 29.8 Å². The van der Waals surface area contributed by atoms with Crippen LogP contribution in [0, 0.1) is 6.92 Å². The summed E-state index contributed by atoms with van der Waals surface area (Å²) >= 11 is 12.5. The fourth-order valence-electron chi connectivity index (χ4n) is 5.91. The number of carboxylic acid groups (broad SMARTS) is 5. The van der Waals surface area contributed by atoms with Crippen LogP contribution in [-0.2, 0) is 19.2 Å². The molecule has 292 valence electrons. The molecule has 3 aromatic rings. The molecule has 0 unspecified atom stereocenters. The molecule has 0 atom stereocenters. The van der Waals surface area contributed by atoms with Crippen LogP contribution in [0.15, 0.2) is 63.8 Å². The summed E-state index contributed by atoms with van der Waals surface area (Å²) in [4.78, 5) is 74.3. The normalized spacial score (nSPS) is 11.0. The van der Waals surface area contributed by atoms with Crippen LogP contribution in [0.3, 0.4) is 0 Å². The maximum absolute atomic E-state index is 13.0. The van der Waals surface area contributed by atoms with Gasteiger partial charge in [-0.05, 0) is 48.9 Å². The van der Waals surface area contributed by atoms with Gasteiger partial charge in [0.05, 0.1) is 27.0 Å². The quantitative estimate of drug-likeness (QED) is 0.0533. The van der Waals surface area contributed by atoms with Gasteiger partial charge in [-0.3, -0.25) is 24.0 Å². The molecular weight excluding hydrogens is 783 g/mol. The summed E-state index contributed by atoms with van der Waals surface area (Å²) < 4.78 is 17.8.